The molecule has 1 aromatic heterocycles. The van der Waals surface area contributed by atoms with Crippen molar-refractivity contribution in [1.29, 1.82) is 0 Å². The molecule has 1 N–H and O–H groups in total. The topological polar surface area (TPSA) is 76.9 Å². The van der Waals surface area contributed by atoms with Crippen molar-refractivity contribution in [2.75, 3.05) is 6.54 Å². The molecule has 0 aliphatic carbocycles. The van der Waals surface area contributed by atoms with E-state index in [1.54, 1.807) is 12.1 Å². The van der Waals surface area contributed by atoms with Crippen LogP contribution in [0.4, 0.5) is 0 Å². The minimum absolute atomic E-state index is 0.00797. The van der Waals surface area contributed by atoms with Gasteiger partial charge in [-0.05, 0) is 40.0 Å². The number of aromatic nitrogens is 3. The molecule has 0 unspecified atom stereocenters. The molecule has 0 radical (unpaired) electrons. The van der Waals surface area contributed by atoms with E-state index < -0.39 is 10.0 Å². The van der Waals surface area contributed by atoms with E-state index in [1.807, 2.05) is 12.1 Å². The fourth-order valence-corrected chi connectivity index (χ4v) is 3.90. The predicted octanol–water partition coefficient (Wildman–Crippen LogP) is 1.75. The summed E-state index contributed by atoms with van der Waals surface area (Å²) in [7, 11) is -2.12. The summed E-state index contributed by atoms with van der Waals surface area (Å²) in [4.78, 5) is 0. The molecule has 2 rings (SSSR count). The minimum Gasteiger partial charge on any atom is -0.235 e. The molecule has 0 fully saturated rings. The quantitative estimate of drug-likeness (QED) is 0.858. The smallest absolute Gasteiger partial charge is 0.235 e. The number of hydrogen-bond donors (Lipinski definition) is 1. The lowest BCUT2D eigenvalue weighted by Crippen LogP contribution is -2.28. The number of halogens is 2. The van der Waals surface area contributed by atoms with E-state index in [0.717, 1.165) is 5.56 Å². The number of nitrogens with zero attached hydrogens (tertiary/aromatic N) is 3. The van der Waals surface area contributed by atoms with Gasteiger partial charge in [-0.3, -0.25) is 0 Å². The molecule has 1 heterocycles. The Morgan fingerprint density at radius 3 is 2.55 bits per heavy atom. The Bertz CT molecular complexity index is 680. The summed E-state index contributed by atoms with van der Waals surface area (Å²) in [6.07, 6.45) is 0.569. The van der Waals surface area contributed by atoms with Gasteiger partial charge in [-0.2, -0.15) is 0 Å². The van der Waals surface area contributed by atoms with Crippen LogP contribution in [0, 0.1) is 0 Å². The fraction of sp³-hybridized carbons (Fsp3) is 0.273. The third-order valence-electron chi connectivity index (χ3n) is 2.61. The van der Waals surface area contributed by atoms with Gasteiger partial charge in [-0.25, -0.2) is 17.8 Å². The van der Waals surface area contributed by atoms with Gasteiger partial charge in [-0.15, -0.1) is 5.10 Å². The van der Waals surface area contributed by atoms with E-state index in [0.29, 0.717) is 11.4 Å². The average molecular weight is 380 g/mol. The number of aryl methyl sites for hydroxylation is 1. The van der Waals surface area contributed by atoms with E-state index in [9.17, 15) is 8.42 Å². The molecule has 0 aliphatic heterocycles. The number of hydrogen-bond acceptors (Lipinski definition) is 4. The van der Waals surface area contributed by atoms with Crippen molar-refractivity contribution in [1.82, 2.24) is 19.7 Å². The monoisotopic (exact) mass is 378 g/mol. The number of nitrogens with one attached hydrogen (secondary N) is 1. The highest BCUT2D eigenvalue weighted by Crippen LogP contribution is 2.17. The maximum atomic E-state index is 12.1. The van der Waals surface area contributed by atoms with Crippen LogP contribution in [0.25, 0.3) is 0 Å². The van der Waals surface area contributed by atoms with Crippen LogP contribution >= 0.6 is 27.5 Å². The van der Waals surface area contributed by atoms with E-state index in [2.05, 4.69) is 31.0 Å². The van der Waals surface area contributed by atoms with E-state index in [-0.39, 0.29) is 16.2 Å². The Morgan fingerprint density at radius 2 is 2.00 bits per heavy atom. The largest absolute Gasteiger partial charge is 0.260 e. The molecule has 0 atom stereocenters. The highest BCUT2D eigenvalue weighted by molar-refractivity contribution is 9.10. The Kier molecular flexibility index (Phi) is 4.79. The molecule has 1 aromatic carbocycles. The van der Waals surface area contributed by atoms with Crippen molar-refractivity contribution in [2.24, 2.45) is 7.05 Å². The van der Waals surface area contributed by atoms with Crippen molar-refractivity contribution >= 4 is 37.6 Å². The van der Waals surface area contributed by atoms with Crippen LogP contribution in [0.1, 0.15) is 5.56 Å². The first-order valence-corrected chi connectivity index (χ1v) is 8.35. The van der Waals surface area contributed by atoms with Crippen molar-refractivity contribution in [3.63, 3.8) is 0 Å². The summed E-state index contributed by atoms with van der Waals surface area (Å²) < 4.78 is 28.1. The molecule has 0 saturated heterocycles. The third kappa shape index (κ3) is 3.57. The summed E-state index contributed by atoms with van der Waals surface area (Å²) >= 11 is 8.86. The molecular weight excluding hydrogens is 368 g/mol. The lowest BCUT2D eigenvalue weighted by Gasteiger charge is -2.07. The van der Waals surface area contributed by atoms with Gasteiger partial charge in [0, 0.05) is 18.6 Å². The van der Waals surface area contributed by atoms with Gasteiger partial charge in [0.15, 0.2) is 4.60 Å². The SMILES string of the molecule is Cn1nnc(Br)c1S(=O)(=O)NCCc1ccc(Cl)cc1. The van der Waals surface area contributed by atoms with Gasteiger partial charge in [0.05, 0.1) is 0 Å². The van der Waals surface area contributed by atoms with Gasteiger partial charge in [0.2, 0.25) is 5.03 Å². The molecule has 0 amide bonds. The standard InChI is InChI=1S/C11H12BrClN4O2S/c1-17-11(10(12)15-16-17)20(18,19)14-7-6-8-2-4-9(13)5-3-8/h2-5,14H,6-7H2,1H3. The average Bonchev–Trinajstić information content (AvgIpc) is 2.72. The summed E-state index contributed by atoms with van der Waals surface area (Å²) in [5, 5.41) is 7.96. The Balaban J connectivity index is 2.02. The van der Waals surface area contributed by atoms with Gasteiger partial charge in [0.25, 0.3) is 10.0 Å². The number of benzene rings is 1. The fourth-order valence-electron chi connectivity index (χ4n) is 1.66. The second-order valence-corrected chi connectivity index (χ2v) is 6.95. The summed E-state index contributed by atoms with van der Waals surface area (Å²) in [6.45, 7) is 0.279. The highest BCUT2D eigenvalue weighted by atomic mass is 79.9. The lowest BCUT2D eigenvalue weighted by molar-refractivity contribution is 0.560. The first-order valence-electron chi connectivity index (χ1n) is 5.69. The molecule has 9 heteroatoms. The number of rotatable bonds is 5. The van der Waals surface area contributed by atoms with Crippen molar-refractivity contribution in [3.05, 3.63) is 39.5 Å². The van der Waals surface area contributed by atoms with E-state index in [4.69, 9.17) is 11.6 Å². The van der Waals surface area contributed by atoms with Gasteiger partial charge < -0.3 is 0 Å². The zero-order valence-electron chi connectivity index (χ0n) is 10.5. The normalized spacial score (nSPS) is 11.8. The minimum atomic E-state index is -3.64. The molecule has 6 nitrogen and oxygen atoms in total. The molecule has 20 heavy (non-hydrogen) atoms. The van der Waals surface area contributed by atoms with E-state index in [1.165, 1.54) is 11.7 Å². The van der Waals surface area contributed by atoms with Crippen LogP contribution in [0.3, 0.4) is 0 Å². The Morgan fingerprint density at radius 1 is 1.35 bits per heavy atom. The zero-order valence-corrected chi connectivity index (χ0v) is 13.7. The van der Waals surface area contributed by atoms with Crippen molar-refractivity contribution in [3.8, 4) is 0 Å². The molecule has 0 saturated carbocycles. The third-order valence-corrected chi connectivity index (χ3v) is 5.21. The first kappa shape index (κ1) is 15.4. The highest BCUT2D eigenvalue weighted by Gasteiger charge is 2.23. The van der Waals surface area contributed by atoms with Crippen molar-refractivity contribution < 1.29 is 8.42 Å². The summed E-state index contributed by atoms with van der Waals surface area (Å²) in [5.41, 5.74) is 0.999. The number of sulfonamides is 1. The Hall–Kier alpha value is -0.960. The lowest BCUT2D eigenvalue weighted by atomic mass is 10.2. The van der Waals surface area contributed by atoms with Crippen LogP contribution in [0.5, 0.6) is 0 Å². The van der Waals surface area contributed by atoms with Gasteiger partial charge in [0.1, 0.15) is 0 Å². The maximum Gasteiger partial charge on any atom is 0.260 e. The molecule has 108 valence electrons. The predicted molar refractivity (Wildman–Crippen MR) is 79.0 cm³/mol. The zero-order chi connectivity index (χ0) is 14.8. The van der Waals surface area contributed by atoms with Crippen LogP contribution in [0.15, 0.2) is 33.9 Å². The maximum absolute atomic E-state index is 12.1. The van der Waals surface area contributed by atoms with Crippen LogP contribution < -0.4 is 4.72 Å². The first-order chi connectivity index (χ1) is 9.40. The second kappa shape index (κ2) is 6.21. The molecule has 0 bridgehead atoms. The van der Waals surface area contributed by atoms with Crippen LogP contribution in [0.2, 0.25) is 5.02 Å². The molecular formula is C11H12BrClN4O2S. The van der Waals surface area contributed by atoms with Crippen LogP contribution in [-0.2, 0) is 23.5 Å². The van der Waals surface area contributed by atoms with Crippen molar-refractivity contribution in [2.45, 2.75) is 11.4 Å². The van der Waals surface area contributed by atoms with E-state index >= 15 is 0 Å². The molecule has 2 aromatic rings. The van der Waals surface area contributed by atoms with Crippen LogP contribution in [-0.4, -0.2) is 30.0 Å². The molecule has 0 spiro atoms. The molecule has 0 aliphatic rings. The summed E-state index contributed by atoms with van der Waals surface area (Å²) in [5.74, 6) is 0. The second-order valence-electron chi connectivity index (χ2n) is 4.08. The Labute approximate surface area is 130 Å². The van der Waals surface area contributed by atoms with Gasteiger partial charge >= 0.3 is 0 Å². The van der Waals surface area contributed by atoms with Gasteiger partial charge in [-0.1, -0.05) is 28.9 Å². The summed E-state index contributed by atoms with van der Waals surface area (Å²) in [6, 6.07) is 7.26.